The van der Waals surface area contributed by atoms with E-state index < -0.39 is 54.0 Å². The molecule has 8 N–H and O–H groups in total. The molecule has 6 unspecified atom stereocenters. The Morgan fingerprint density at radius 1 is 0.947 bits per heavy atom. The Morgan fingerprint density at radius 2 is 1.58 bits per heavy atom. The maximum atomic E-state index is 13.6. The quantitative estimate of drug-likeness (QED) is 0.190. The zero-order valence-electron chi connectivity index (χ0n) is 22.7. The predicted octanol–water partition coefficient (Wildman–Crippen LogP) is 1.05. The topological polar surface area (TPSA) is 187 Å². The van der Waals surface area contributed by atoms with Crippen LogP contribution in [0.5, 0.6) is 0 Å². The lowest BCUT2D eigenvalue weighted by atomic mass is 9.96. The summed E-state index contributed by atoms with van der Waals surface area (Å²) in [5.74, 6) is -3.42. The van der Waals surface area contributed by atoms with Crippen molar-refractivity contribution in [2.24, 2.45) is 17.6 Å². The van der Waals surface area contributed by atoms with Crippen LogP contribution in [0.4, 0.5) is 0 Å². The zero-order chi connectivity index (χ0) is 28.6. The number of carbonyl (C=O) groups excluding carboxylic acids is 3. The Kier molecular flexibility index (Phi) is 11.3. The Balaban J connectivity index is 2.33. The minimum Gasteiger partial charge on any atom is -0.480 e. The fourth-order valence-corrected chi connectivity index (χ4v) is 4.21. The molecule has 0 aliphatic carbocycles. The van der Waals surface area contributed by atoms with Crippen LogP contribution in [-0.4, -0.2) is 69.2 Å². The standard InChI is InChI=1S/C27H41N5O6/c1-6-15(4)22(26(36)32-23(16(5)33)27(37)38)31-25(35)21(30-24(34)19(28)11-14(2)3)12-17-13-29-20-10-8-7-9-18(17)20/h7-10,13-16,19,21-23,29,33H,6,11-12,28H2,1-5H3,(H,30,34)(H,31,35)(H,32,36)(H,37,38). The first-order valence-corrected chi connectivity index (χ1v) is 13.0. The van der Waals surface area contributed by atoms with Gasteiger partial charge in [-0.2, -0.15) is 0 Å². The smallest absolute Gasteiger partial charge is 0.328 e. The number of nitrogens with one attached hydrogen (secondary N) is 4. The highest BCUT2D eigenvalue weighted by Crippen LogP contribution is 2.20. The number of aromatic nitrogens is 1. The number of carbonyl (C=O) groups is 4. The molecule has 0 aliphatic rings. The first kappa shape index (κ1) is 30.8. The van der Waals surface area contributed by atoms with Gasteiger partial charge in [0.2, 0.25) is 17.7 Å². The fourth-order valence-electron chi connectivity index (χ4n) is 4.21. The number of fused-ring (bicyclic) bond motifs is 1. The summed E-state index contributed by atoms with van der Waals surface area (Å²) in [7, 11) is 0. The molecule has 0 radical (unpaired) electrons. The van der Waals surface area contributed by atoms with Gasteiger partial charge in [-0.25, -0.2) is 4.79 Å². The first-order chi connectivity index (χ1) is 17.8. The molecule has 0 saturated carbocycles. The molecule has 2 rings (SSSR count). The van der Waals surface area contributed by atoms with E-state index in [4.69, 9.17) is 5.73 Å². The molecule has 0 spiro atoms. The molecule has 11 nitrogen and oxygen atoms in total. The van der Waals surface area contributed by atoms with Gasteiger partial charge < -0.3 is 36.9 Å². The minimum atomic E-state index is -1.54. The molecule has 3 amide bonds. The van der Waals surface area contributed by atoms with Gasteiger partial charge in [0.1, 0.15) is 12.1 Å². The van der Waals surface area contributed by atoms with E-state index in [-0.39, 0.29) is 18.3 Å². The second-order valence-electron chi connectivity index (χ2n) is 10.3. The maximum Gasteiger partial charge on any atom is 0.328 e. The predicted molar refractivity (Wildman–Crippen MR) is 144 cm³/mol. The molecule has 11 heteroatoms. The van der Waals surface area contributed by atoms with E-state index in [1.165, 1.54) is 6.92 Å². The molecule has 0 fully saturated rings. The largest absolute Gasteiger partial charge is 0.480 e. The SMILES string of the molecule is CCC(C)C(NC(=O)C(Cc1c[nH]c2ccccc12)NC(=O)C(N)CC(C)C)C(=O)NC(C(=O)O)C(C)O. The number of hydrogen-bond acceptors (Lipinski definition) is 6. The van der Waals surface area contributed by atoms with Gasteiger partial charge in [0.15, 0.2) is 6.04 Å². The Bertz CT molecular complexity index is 1110. The second-order valence-corrected chi connectivity index (χ2v) is 10.3. The van der Waals surface area contributed by atoms with Crippen molar-refractivity contribution in [3.05, 3.63) is 36.0 Å². The number of aliphatic hydroxyl groups is 1. The lowest BCUT2D eigenvalue weighted by Gasteiger charge is -2.28. The van der Waals surface area contributed by atoms with E-state index >= 15 is 0 Å². The van der Waals surface area contributed by atoms with Crippen LogP contribution in [0.3, 0.4) is 0 Å². The molecule has 38 heavy (non-hydrogen) atoms. The van der Waals surface area contributed by atoms with Gasteiger partial charge in [-0.3, -0.25) is 14.4 Å². The van der Waals surface area contributed by atoms with Crippen molar-refractivity contribution in [3.8, 4) is 0 Å². The highest BCUT2D eigenvalue weighted by Gasteiger charge is 2.34. The Hall–Kier alpha value is -3.44. The van der Waals surface area contributed by atoms with Crippen molar-refractivity contribution in [3.63, 3.8) is 0 Å². The number of rotatable bonds is 14. The molecule has 210 valence electrons. The van der Waals surface area contributed by atoms with E-state index in [9.17, 15) is 29.4 Å². The fraction of sp³-hybridized carbons (Fsp3) is 0.556. The van der Waals surface area contributed by atoms with Gasteiger partial charge in [0.25, 0.3) is 0 Å². The van der Waals surface area contributed by atoms with Crippen molar-refractivity contribution in [2.45, 2.75) is 84.2 Å². The Morgan fingerprint density at radius 3 is 2.16 bits per heavy atom. The summed E-state index contributed by atoms with van der Waals surface area (Å²) in [6.07, 6.45) is 1.49. The molecule has 2 aromatic rings. The van der Waals surface area contributed by atoms with Crippen LogP contribution >= 0.6 is 0 Å². The van der Waals surface area contributed by atoms with Crippen molar-refractivity contribution in [1.29, 1.82) is 0 Å². The second kappa shape index (κ2) is 13.9. The molecule has 0 bridgehead atoms. The molecule has 0 aliphatic heterocycles. The number of hydrogen-bond donors (Lipinski definition) is 7. The number of amides is 3. The molecule has 6 atom stereocenters. The van der Waals surface area contributed by atoms with Crippen LogP contribution in [0.2, 0.25) is 0 Å². The van der Waals surface area contributed by atoms with E-state index in [1.54, 1.807) is 13.1 Å². The van der Waals surface area contributed by atoms with Crippen LogP contribution in [0.25, 0.3) is 10.9 Å². The van der Waals surface area contributed by atoms with Crippen LogP contribution < -0.4 is 21.7 Å². The molecular weight excluding hydrogens is 490 g/mol. The van der Waals surface area contributed by atoms with Crippen molar-refractivity contribution < 1.29 is 29.4 Å². The van der Waals surface area contributed by atoms with Gasteiger partial charge in [0, 0.05) is 23.5 Å². The third-order valence-corrected chi connectivity index (χ3v) is 6.63. The number of para-hydroxylation sites is 1. The summed E-state index contributed by atoms with van der Waals surface area (Å²) in [6.45, 7) is 8.71. The summed E-state index contributed by atoms with van der Waals surface area (Å²) >= 11 is 0. The number of benzene rings is 1. The van der Waals surface area contributed by atoms with E-state index in [0.29, 0.717) is 12.8 Å². The number of aliphatic hydroxyl groups excluding tert-OH is 1. The average molecular weight is 532 g/mol. The van der Waals surface area contributed by atoms with Gasteiger partial charge in [-0.15, -0.1) is 0 Å². The van der Waals surface area contributed by atoms with Gasteiger partial charge >= 0.3 is 5.97 Å². The van der Waals surface area contributed by atoms with Crippen molar-refractivity contribution in [1.82, 2.24) is 20.9 Å². The summed E-state index contributed by atoms with van der Waals surface area (Å²) < 4.78 is 0. The van der Waals surface area contributed by atoms with E-state index in [1.807, 2.05) is 45.0 Å². The first-order valence-electron chi connectivity index (χ1n) is 13.0. The van der Waals surface area contributed by atoms with Crippen molar-refractivity contribution in [2.75, 3.05) is 0 Å². The number of aromatic amines is 1. The number of H-pyrrole nitrogens is 1. The molecule has 1 heterocycles. The highest BCUT2D eigenvalue weighted by molar-refractivity contribution is 5.95. The number of aliphatic carboxylic acids is 1. The number of carboxylic acid groups (broad SMARTS) is 1. The number of carboxylic acids is 1. The number of nitrogens with two attached hydrogens (primary N) is 1. The highest BCUT2D eigenvalue weighted by atomic mass is 16.4. The van der Waals surface area contributed by atoms with Gasteiger partial charge in [0.05, 0.1) is 12.1 Å². The van der Waals surface area contributed by atoms with Crippen LogP contribution in [0.1, 0.15) is 53.0 Å². The van der Waals surface area contributed by atoms with E-state index in [2.05, 4.69) is 20.9 Å². The molecule has 0 saturated heterocycles. The summed E-state index contributed by atoms with van der Waals surface area (Å²) in [4.78, 5) is 54.1. The minimum absolute atomic E-state index is 0.135. The normalized spacial score (nSPS) is 16.2. The molecular formula is C27H41N5O6. The van der Waals surface area contributed by atoms with Crippen LogP contribution in [-0.2, 0) is 25.6 Å². The van der Waals surface area contributed by atoms with E-state index in [0.717, 1.165) is 16.5 Å². The monoisotopic (exact) mass is 531 g/mol. The summed E-state index contributed by atoms with van der Waals surface area (Å²) in [6, 6.07) is 3.05. The Labute approximate surface area is 222 Å². The third-order valence-electron chi connectivity index (χ3n) is 6.63. The van der Waals surface area contributed by atoms with Crippen molar-refractivity contribution >= 4 is 34.6 Å². The van der Waals surface area contributed by atoms with Crippen LogP contribution in [0.15, 0.2) is 30.5 Å². The maximum absolute atomic E-state index is 13.6. The third kappa shape index (κ3) is 8.29. The zero-order valence-corrected chi connectivity index (χ0v) is 22.7. The average Bonchev–Trinajstić information content (AvgIpc) is 3.26. The molecule has 1 aromatic heterocycles. The summed E-state index contributed by atoms with van der Waals surface area (Å²) in [5.41, 5.74) is 7.74. The lowest BCUT2D eigenvalue weighted by Crippen LogP contribution is -2.60. The van der Waals surface area contributed by atoms with Gasteiger partial charge in [-0.1, -0.05) is 52.3 Å². The van der Waals surface area contributed by atoms with Gasteiger partial charge in [-0.05, 0) is 36.8 Å². The lowest BCUT2D eigenvalue weighted by molar-refractivity contribution is -0.145. The summed E-state index contributed by atoms with van der Waals surface area (Å²) in [5, 5.41) is 27.8. The molecule has 1 aromatic carbocycles. The van der Waals surface area contributed by atoms with Crippen LogP contribution in [0, 0.1) is 11.8 Å².